The second-order valence-electron chi connectivity index (χ2n) is 2.68. The van der Waals surface area contributed by atoms with Crippen LogP contribution in [-0.2, 0) is 9.53 Å². The van der Waals surface area contributed by atoms with E-state index in [-0.39, 0.29) is 0 Å². The Labute approximate surface area is 77.8 Å². The van der Waals surface area contributed by atoms with Gasteiger partial charge in [-0.3, -0.25) is 4.79 Å². The van der Waals surface area contributed by atoms with Gasteiger partial charge in [0.1, 0.15) is 6.29 Å². The summed E-state index contributed by atoms with van der Waals surface area (Å²) in [5, 5.41) is 0. The van der Waals surface area contributed by atoms with Crippen molar-refractivity contribution in [1.29, 1.82) is 0 Å². The smallest absolute Gasteiger partial charge is 0.148 e. The molecule has 2 nitrogen and oxygen atoms in total. The molecule has 13 heavy (non-hydrogen) atoms. The van der Waals surface area contributed by atoms with E-state index in [0.29, 0.717) is 12.2 Å². The van der Waals surface area contributed by atoms with E-state index in [1.54, 1.807) is 7.11 Å². The van der Waals surface area contributed by atoms with Crippen LogP contribution in [0, 0.1) is 0 Å². The number of rotatable bonds is 4. The number of hydrogen-bond donors (Lipinski definition) is 0. The van der Waals surface area contributed by atoms with E-state index < -0.39 is 0 Å². The summed E-state index contributed by atoms with van der Waals surface area (Å²) in [6, 6.07) is 9.69. The van der Waals surface area contributed by atoms with Crippen LogP contribution in [0.2, 0.25) is 0 Å². The zero-order valence-electron chi connectivity index (χ0n) is 7.57. The Balaban J connectivity index is 2.79. The molecule has 0 spiro atoms. The Morgan fingerprint density at radius 2 is 2.08 bits per heavy atom. The zero-order valence-corrected chi connectivity index (χ0v) is 7.57. The molecule has 0 unspecified atom stereocenters. The van der Waals surface area contributed by atoms with Crippen molar-refractivity contribution in [2.24, 2.45) is 0 Å². The fourth-order valence-corrected chi connectivity index (χ4v) is 1.04. The first-order valence-corrected chi connectivity index (χ1v) is 4.06. The molecule has 0 amide bonds. The molecule has 0 radical (unpaired) electrons. The Morgan fingerprint density at radius 3 is 2.62 bits per heavy atom. The van der Waals surface area contributed by atoms with Crippen molar-refractivity contribution in [3.8, 4) is 0 Å². The summed E-state index contributed by atoms with van der Waals surface area (Å²) in [4.78, 5) is 10.6. The second kappa shape index (κ2) is 5.27. The number of ether oxygens (including phenoxy) is 1. The summed E-state index contributed by atoms with van der Waals surface area (Å²) in [5.74, 6) is 0. The molecule has 1 aromatic rings. The molecule has 2 heteroatoms. The van der Waals surface area contributed by atoms with Gasteiger partial charge >= 0.3 is 0 Å². The minimum atomic E-state index is 0.360. The molecule has 0 heterocycles. The summed E-state index contributed by atoms with van der Waals surface area (Å²) >= 11 is 0. The molecule has 0 saturated heterocycles. The highest BCUT2D eigenvalue weighted by Crippen LogP contribution is 2.04. The van der Waals surface area contributed by atoms with Gasteiger partial charge in [0.25, 0.3) is 0 Å². The van der Waals surface area contributed by atoms with Gasteiger partial charge in [-0.2, -0.15) is 0 Å². The van der Waals surface area contributed by atoms with E-state index in [1.165, 1.54) is 0 Å². The van der Waals surface area contributed by atoms with Crippen molar-refractivity contribution in [2.45, 2.75) is 0 Å². The maximum Gasteiger partial charge on any atom is 0.148 e. The monoisotopic (exact) mass is 176 g/mol. The average Bonchev–Trinajstić information content (AvgIpc) is 2.19. The third-order valence-electron chi connectivity index (χ3n) is 1.61. The van der Waals surface area contributed by atoms with E-state index >= 15 is 0 Å². The number of benzene rings is 1. The summed E-state index contributed by atoms with van der Waals surface area (Å²) in [7, 11) is 1.57. The van der Waals surface area contributed by atoms with E-state index in [4.69, 9.17) is 4.74 Å². The van der Waals surface area contributed by atoms with Crippen molar-refractivity contribution in [2.75, 3.05) is 13.7 Å². The first-order chi connectivity index (χ1) is 6.36. The minimum Gasteiger partial charge on any atom is -0.380 e. The maximum atomic E-state index is 10.6. The largest absolute Gasteiger partial charge is 0.380 e. The zero-order chi connectivity index (χ0) is 9.52. The molecule has 0 bridgehead atoms. The van der Waals surface area contributed by atoms with Gasteiger partial charge in [0, 0.05) is 12.7 Å². The summed E-state index contributed by atoms with van der Waals surface area (Å²) < 4.78 is 4.87. The summed E-state index contributed by atoms with van der Waals surface area (Å²) in [6.07, 6.45) is 2.63. The normalized spacial score (nSPS) is 11.3. The number of carbonyl (C=O) groups is 1. The van der Waals surface area contributed by atoms with Crippen LogP contribution in [0.3, 0.4) is 0 Å². The van der Waals surface area contributed by atoms with Crippen LogP contribution >= 0.6 is 0 Å². The molecule has 0 N–H and O–H groups in total. The van der Waals surface area contributed by atoms with Gasteiger partial charge in [0.05, 0.1) is 6.61 Å². The lowest BCUT2D eigenvalue weighted by Gasteiger charge is -1.97. The molecular weight excluding hydrogens is 164 g/mol. The van der Waals surface area contributed by atoms with Gasteiger partial charge in [-0.15, -0.1) is 0 Å². The van der Waals surface area contributed by atoms with Gasteiger partial charge in [-0.25, -0.2) is 0 Å². The van der Waals surface area contributed by atoms with E-state index in [0.717, 1.165) is 11.8 Å². The Hall–Kier alpha value is -1.41. The maximum absolute atomic E-state index is 10.6. The topological polar surface area (TPSA) is 26.3 Å². The molecule has 0 saturated carbocycles. The van der Waals surface area contributed by atoms with Crippen molar-refractivity contribution >= 4 is 12.4 Å². The quantitative estimate of drug-likeness (QED) is 0.517. The highest BCUT2D eigenvalue weighted by Gasteiger charge is 1.93. The van der Waals surface area contributed by atoms with Gasteiger partial charge in [0.15, 0.2) is 0 Å². The fraction of sp³-hybridized carbons (Fsp3) is 0.182. The molecule has 0 aromatic heterocycles. The molecule has 1 aromatic carbocycles. The highest BCUT2D eigenvalue weighted by molar-refractivity contribution is 5.81. The first-order valence-electron chi connectivity index (χ1n) is 4.06. The van der Waals surface area contributed by atoms with Crippen molar-refractivity contribution in [1.82, 2.24) is 0 Å². The Bertz CT molecular complexity index is 288. The number of aldehydes is 1. The van der Waals surface area contributed by atoms with Gasteiger partial charge in [-0.1, -0.05) is 30.3 Å². The molecular formula is C11H12O2. The van der Waals surface area contributed by atoms with E-state index in [2.05, 4.69) is 0 Å². The predicted octanol–water partition coefficient (Wildman–Crippen LogP) is 1.92. The molecule has 0 fully saturated rings. The summed E-state index contributed by atoms with van der Waals surface area (Å²) in [6.45, 7) is 0.360. The predicted molar refractivity (Wildman–Crippen MR) is 52.4 cm³/mol. The van der Waals surface area contributed by atoms with E-state index in [1.807, 2.05) is 36.4 Å². The third-order valence-corrected chi connectivity index (χ3v) is 1.61. The number of carbonyl (C=O) groups excluding carboxylic acids is 1. The van der Waals surface area contributed by atoms with E-state index in [9.17, 15) is 4.79 Å². The fourth-order valence-electron chi connectivity index (χ4n) is 1.04. The lowest BCUT2D eigenvalue weighted by atomic mass is 10.1. The van der Waals surface area contributed by atoms with Crippen molar-refractivity contribution in [3.05, 3.63) is 41.5 Å². The number of methoxy groups -OCH3 is 1. The van der Waals surface area contributed by atoms with Crippen LogP contribution in [-0.4, -0.2) is 20.0 Å². The molecule has 0 aliphatic carbocycles. The molecule has 0 aliphatic rings. The molecule has 0 aliphatic heterocycles. The Morgan fingerprint density at radius 1 is 1.38 bits per heavy atom. The van der Waals surface area contributed by atoms with Crippen LogP contribution in [0.1, 0.15) is 5.56 Å². The summed E-state index contributed by atoms with van der Waals surface area (Å²) in [5.41, 5.74) is 1.66. The van der Waals surface area contributed by atoms with Gasteiger partial charge < -0.3 is 4.74 Å². The Kier molecular flexibility index (Phi) is 3.93. The van der Waals surface area contributed by atoms with Crippen molar-refractivity contribution < 1.29 is 9.53 Å². The lowest BCUT2D eigenvalue weighted by molar-refractivity contribution is -0.105. The number of hydrogen-bond acceptors (Lipinski definition) is 2. The second-order valence-corrected chi connectivity index (χ2v) is 2.68. The van der Waals surface area contributed by atoms with Crippen LogP contribution in [0.15, 0.2) is 35.9 Å². The molecule has 0 atom stereocenters. The lowest BCUT2D eigenvalue weighted by Crippen LogP contribution is -1.94. The van der Waals surface area contributed by atoms with Crippen LogP contribution in [0.4, 0.5) is 0 Å². The average molecular weight is 176 g/mol. The van der Waals surface area contributed by atoms with Crippen LogP contribution in [0.25, 0.3) is 6.08 Å². The first kappa shape index (κ1) is 9.68. The van der Waals surface area contributed by atoms with Crippen molar-refractivity contribution in [3.63, 3.8) is 0 Å². The van der Waals surface area contributed by atoms with Gasteiger partial charge in [-0.05, 0) is 11.6 Å². The highest BCUT2D eigenvalue weighted by atomic mass is 16.5. The van der Waals surface area contributed by atoms with Crippen LogP contribution < -0.4 is 0 Å². The standard InChI is InChI=1S/C11H12O2/c1-13-9-11(8-12)7-10-5-3-2-4-6-10/h2-8H,9H2,1H3/b11-7+. The van der Waals surface area contributed by atoms with Gasteiger partial charge in [0.2, 0.25) is 0 Å². The SMILES string of the molecule is COC/C(C=O)=C/c1ccccc1. The minimum absolute atomic E-state index is 0.360. The van der Waals surface area contributed by atoms with Crippen LogP contribution in [0.5, 0.6) is 0 Å². The molecule has 68 valence electrons. The third kappa shape index (κ3) is 3.22. The molecule has 1 rings (SSSR count).